The third kappa shape index (κ3) is 4.98. The van der Waals surface area contributed by atoms with Crippen LogP contribution in [0.2, 0.25) is 0 Å². The van der Waals surface area contributed by atoms with Gasteiger partial charge >= 0.3 is 0 Å². The second kappa shape index (κ2) is 8.39. The number of benzene rings is 1. The van der Waals surface area contributed by atoms with Gasteiger partial charge in [0.2, 0.25) is 0 Å². The number of para-hydroxylation sites is 1. The zero-order valence-electron chi connectivity index (χ0n) is 10.6. The van der Waals surface area contributed by atoms with Crippen LogP contribution in [-0.2, 0) is 9.47 Å². The van der Waals surface area contributed by atoms with Crippen molar-refractivity contribution in [3.05, 3.63) is 24.3 Å². The summed E-state index contributed by atoms with van der Waals surface area (Å²) in [6, 6.07) is 7.96. The van der Waals surface area contributed by atoms with Crippen molar-refractivity contribution in [2.45, 2.75) is 25.0 Å². The summed E-state index contributed by atoms with van der Waals surface area (Å²) in [6.07, 6.45) is -0.153. The predicted octanol–water partition coefficient (Wildman–Crippen LogP) is 3.19. The first-order chi connectivity index (χ1) is 8.31. The van der Waals surface area contributed by atoms with Crippen molar-refractivity contribution in [2.24, 2.45) is 0 Å². The molecule has 0 spiro atoms. The molecule has 0 aromatic heterocycles. The van der Waals surface area contributed by atoms with Gasteiger partial charge in [-0.2, -0.15) is 0 Å². The van der Waals surface area contributed by atoms with Crippen LogP contribution in [0.5, 0.6) is 5.75 Å². The maximum absolute atomic E-state index is 5.49. The molecule has 17 heavy (non-hydrogen) atoms. The highest BCUT2D eigenvalue weighted by Gasteiger charge is 2.10. The molecule has 0 radical (unpaired) electrons. The number of ether oxygens (including phenoxy) is 3. The third-order valence-electron chi connectivity index (χ3n) is 2.15. The predicted molar refractivity (Wildman–Crippen MR) is 70.8 cm³/mol. The molecule has 0 aliphatic rings. The van der Waals surface area contributed by atoms with Gasteiger partial charge in [0, 0.05) is 23.9 Å². The summed E-state index contributed by atoms with van der Waals surface area (Å²) in [7, 11) is 1.68. The van der Waals surface area contributed by atoms with Crippen molar-refractivity contribution in [1.29, 1.82) is 0 Å². The number of hydrogen-bond acceptors (Lipinski definition) is 4. The molecule has 4 heteroatoms. The number of methoxy groups -OCH3 is 1. The molecule has 0 fully saturated rings. The maximum Gasteiger partial charge on any atom is 0.166 e. The van der Waals surface area contributed by atoms with E-state index in [0.717, 1.165) is 16.4 Å². The SMILES string of the molecule is CCOC(CSc1ccccc1OC)OCC. The van der Waals surface area contributed by atoms with Crippen LogP contribution in [0, 0.1) is 0 Å². The van der Waals surface area contributed by atoms with Gasteiger partial charge in [-0.3, -0.25) is 0 Å². The van der Waals surface area contributed by atoms with Gasteiger partial charge in [-0.05, 0) is 26.0 Å². The van der Waals surface area contributed by atoms with Crippen LogP contribution >= 0.6 is 11.8 Å². The summed E-state index contributed by atoms with van der Waals surface area (Å²) in [5.41, 5.74) is 0. The van der Waals surface area contributed by atoms with E-state index >= 15 is 0 Å². The lowest BCUT2D eigenvalue weighted by Gasteiger charge is -2.17. The van der Waals surface area contributed by atoms with Crippen molar-refractivity contribution in [2.75, 3.05) is 26.1 Å². The number of hydrogen-bond donors (Lipinski definition) is 0. The third-order valence-corrected chi connectivity index (χ3v) is 3.24. The summed E-state index contributed by atoms with van der Waals surface area (Å²) in [5.74, 6) is 1.66. The maximum atomic E-state index is 5.49. The zero-order chi connectivity index (χ0) is 12.5. The smallest absolute Gasteiger partial charge is 0.166 e. The molecule has 0 aliphatic carbocycles. The van der Waals surface area contributed by atoms with Gasteiger partial charge in [-0.15, -0.1) is 11.8 Å². The Labute approximate surface area is 107 Å². The Morgan fingerprint density at radius 2 is 1.76 bits per heavy atom. The molecule has 0 atom stereocenters. The van der Waals surface area contributed by atoms with Gasteiger partial charge in [0.05, 0.1) is 7.11 Å². The van der Waals surface area contributed by atoms with Crippen LogP contribution in [0.4, 0.5) is 0 Å². The molecule has 0 unspecified atom stereocenters. The molecule has 1 aromatic carbocycles. The van der Waals surface area contributed by atoms with Crippen molar-refractivity contribution < 1.29 is 14.2 Å². The van der Waals surface area contributed by atoms with Gasteiger partial charge in [0.1, 0.15) is 5.75 Å². The fourth-order valence-corrected chi connectivity index (χ4v) is 2.39. The minimum Gasteiger partial charge on any atom is -0.496 e. The van der Waals surface area contributed by atoms with E-state index in [4.69, 9.17) is 14.2 Å². The zero-order valence-corrected chi connectivity index (χ0v) is 11.5. The number of thioether (sulfide) groups is 1. The number of rotatable bonds is 8. The van der Waals surface area contributed by atoms with E-state index in [1.807, 2.05) is 38.1 Å². The van der Waals surface area contributed by atoms with E-state index < -0.39 is 0 Å². The second-order valence-corrected chi connectivity index (χ2v) is 4.36. The van der Waals surface area contributed by atoms with E-state index in [1.165, 1.54) is 0 Å². The van der Waals surface area contributed by atoms with E-state index in [-0.39, 0.29) is 6.29 Å². The standard InChI is InChI=1S/C13H20O3S/c1-4-15-13(16-5-2)10-17-12-9-7-6-8-11(12)14-3/h6-9,13H,4-5,10H2,1-3H3. The first kappa shape index (κ1) is 14.4. The van der Waals surface area contributed by atoms with Gasteiger partial charge in [-0.25, -0.2) is 0 Å². The Balaban J connectivity index is 2.52. The fraction of sp³-hybridized carbons (Fsp3) is 0.538. The topological polar surface area (TPSA) is 27.7 Å². The minimum absolute atomic E-state index is 0.153. The minimum atomic E-state index is -0.153. The van der Waals surface area contributed by atoms with Crippen LogP contribution < -0.4 is 4.74 Å². The summed E-state index contributed by atoms with van der Waals surface area (Å²) in [4.78, 5) is 1.11. The molecule has 0 bridgehead atoms. The Bertz CT molecular complexity index is 311. The van der Waals surface area contributed by atoms with E-state index in [0.29, 0.717) is 13.2 Å². The van der Waals surface area contributed by atoms with Gasteiger partial charge < -0.3 is 14.2 Å². The molecule has 0 saturated carbocycles. The summed E-state index contributed by atoms with van der Waals surface area (Å²) >= 11 is 1.68. The summed E-state index contributed by atoms with van der Waals surface area (Å²) < 4.78 is 16.3. The van der Waals surface area contributed by atoms with Crippen LogP contribution in [0.25, 0.3) is 0 Å². The normalized spacial score (nSPS) is 10.8. The van der Waals surface area contributed by atoms with Crippen molar-refractivity contribution in [1.82, 2.24) is 0 Å². The lowest BCUT2D eigenvalue weighted by atomic mass is 10.3. The van der Waals surface area contributed by atoms with Crippen LogP contribution in [0.1, 0.15) is 13.8 Å². The van der Waals surface area contributed by atoms with Gasteiger partial charge in [-0.1, -0.05) is 12.1 Å². The average Bonchev–Trinajstić information content (AvgIpc) is 2.37. The lowest BCUT2D eigenvalue weighted by Crippen LogP contribution is -2.19. The first-order valence-corrected chi connectivity index (χ1v) is 6.79. The Morgan fingerprint density at radius 3 is 2.35 bits per heavy atom. The van der Waals surface area contributed by atoms with Crippen molar-refractivity contribution in [3.63, 3.8) is 0 Å². The van der Waals surface area contributed by atoms with Gasteiger partial charge in [0.15, 0.2) is 6.29 Å². The molecule has 96 valence electrons. The highest BCUT2D eigenvalue weighted by atomic mass is 32.2. The lowest BCUT2D eigenvalue weighted by molar-refractivity contribution is -0.120. The molecule has 0 heterocycles. The molecule has 3 nitrogen and oxygen atoms in total. The van der Waals surface area contributed by atoms with E-state index in [2.05, 4.69) is 0 Å². The highest BCUT2D eigenvalue weighted by Crippen LogP contribution is 2.29. The second-order valence-electron chi connectivity index (χ2n) is 3.30. The van der Waals surface area contributed by atoms with Crippen molar-refractivity contribution in [3.8, 4) is 5.75 Å². The molecular weight excluding hydrogens is 236 g/mol. The molecule has 1 rings (SSSR count). The van der Waals surface area contributed by atoms with E-state index in [9.17, 15) is 0 Å². The monoisotopic (exact) mass is 256 g/mol. The van der Waals surface area contributed by atoms with Gasteiger partial charge in [0.25, 0.3) is 0 Å². The summed E-state index contributed by atoms with van der Waals surface area (Å²) in [6.45, 7) is 5.27. The Kier molecular flexibility index (Phi) is 7.08. The largest absolute Gasteiger partial charge is 0.496 e. The van der Waals surface area contributed by atoms with Crippen LogP contribution in [0.3, 0.4) is 0 Å². The fourth-order valence-electron chi connectivity index (χ4n) is 1.41. The molecular formula is C13H20O3S. The Morgan fingerprint density at radius 1 is 1.12 bits per heavy atom. The van der Waals surface area contributed by atoms with E-state index in [1.54, 1.807) is 18.9 Å². The molecule has 0 aliphatic heterocycles. The van der Waals surface area contributed by atoms with Crippen LogP contribution in [-0.4, -0.2) is 32.4 Å². The average molecular weight is 256 g/mol. The Hall–Kier alpha value is -0.710. The molecule has 0 N–H and O–H groups in total. The van der Waals surface area contributed by atoms with Crippen molar-refractivity contribution >= 4 is 11.8 Å². The quantitative estimate of drug-likeness (QED) is 0.527. The molecule has 0 amide bonds. The summed E-state index contributed by atoms with van der Waals surface area (Å²) in [5, 5.41) is 0. The molecule has 0 saturated heterocycles. The first-order valence-electron chi connectivity index (χ1n) is 5.80. The highest BCUT2D eigenvalue weighted by molar-refractivity contribution is 7.99. The van der Waals surface area contributed by atoms with Crippen LogP contribution in [0.15, 0.2) is 29.2 Å². The molecule has 1 aromatic rings.